The number of aromatic carboxylic acids is 1. The number of rotatable bonds is 4. The number of nitro groups is 1. The van der Waals surface area contributed by atoms with E-state index in [1.165, 1.54) is 12.1 Å². The molecule has 0 saturated carbocycles. The van der Waals surface area contributed by atoms with Gasteiger partial charge in [-0.05, 0) is 13.0 Å². The number of carboxylic acid groups (broad SMARTS) is 1. The van der Waals surface area contributed by atoms with Gasteiger partial charge < -0.3 is 10.4 Å². The molecule has 2 N–H and O–H groups in total. The van der Waals surface area contributed by atoms with Crippen molar-refractivity contribution < 1.29 is 14.8 Å². The van der Waals surface area contributed by atoms with E-state index in [0.717, 1.165) is 6.07 Å². The summed E-state index contributed by atoms with van der Waals surface area (Å²) in [6.45, 7) is 1.88. The highest BCUT2D eigenvalue weighted by Gasteiger charge is 2.14. The molecule has 1 rings (SSSR count). The molecule has 0 radical (unpaired) electrons. The quantitative estimate of drug-likeness (QED) is 0.470. The van der Waals surface area contributed by atoms with Gasteiger partial charge in [0.2, 0.25) is 0 Å². The minimum absolute atomic E-state index is 0.0199. The second kappa shape index (κ2) is 5.51. The lowest BCUT2D eigenvalue weighted by Crippen LogP contribution is -2.07. The summed E-state index contributed by atoms with van der Waals surface area (Å²) in [5.74, 6) is 4.17. The maximum atomic E-state index is 10.9. The summed E-state index contributed by atoms with van der Waals surface area (Å²) < 4.78 is 0. The van der Waals surface area contributed by atoms with Crippen LogP contribution in [0.4, 0.5) is 11.4 Å². The van der Waals surface area contributed by atoms with E-state index in [0.29, 0.717) is 0 Å². The highest BCUT2D eigenvalue weighted by Crippen LogP contribution is 2.22. The number of carbonyl (C=O) groups is 1. The Morgan fingerprint density at radius 3 is 2.82 bits per heavy atom. The molecule has 0 atom stereocenters. The molecule has 88 valence electrons. The first-order valence-electron chi connectivity index (χ1n) is 4.71. The predicted molar refractivity (Wildman–Crippen MR) is 62.0 cm³/mol. The number of anilines is 1. The first-order chi connectivity index (χ1) is 8.06. The summed E-state index contributed by atoms with van der Waals surface area (Å²) in [4.78, 5) is 20.9. The lowest BCUT2D eigenvalue weighted by molar-refractivity contribution is -0.384. The standard InChI is InChI=1S/C11H10N2O4/c1-2-3-6-12-10-7-8(13(16)17)4-5-9(10)11(14)15/h4-5,7,12H,6H2,1H3,(H,14,15). The molecule has 6 nitrogen and oxygen atoms in total. The zero-order valence-electron chi connectivity index (χ0n) is 9.06. The maximum absolute atomic E-state index is 10.9. The van der Waals surface area contributed by atoms with E-state index in [4.69, 9.17) is 5.11 Å². The second-order valence-corrected chi connectivity index (χ2v) is 3.07. The molecule has 0 aliphatic rings. The molecule has 0 unspecified atom stereocenters. The molecule has 1 aromatic carbocycles. The summed E-state index contributed by atoms with van der Waals surface area (Å²) in [5.41, 5.74) is 0.00455. The number of nitrogens with one attached hydrogen (secondary N) is 1. The fourth-order valence-electron chi connectivity index (χ4n) is 1.21. The van der Waals surface area contributed by atoms with Gasteiger partial charge in [0.05, 0.1) is 22.7 Å². The molecule has 6 heteroatoms. The van der Waals surface area contributed by atoms with Gasteiger partial charge in [-0.2, -0.15) is 0 Å². The predicted octanol–water partition coefficient (Wildman–Crippen LogP) is 1.73. The topological polar surface area (TPSA) is 92.5 Å². The SMILES string of the molecule is CC#CCNc1cc([N+](=O)[O-])ccc1C(=O)O. The molecule has 1 aromatic rings. The zero-order chi connectivity index (χ0) is 12.8. The lowest BCUT2D eigenvalue weighted by Gasteiger charge is -2.06. The number of benzene rings is 1. The van der Waals surface area contributed by atoms with Crippen LogP contribution in [-0.2, 0) is 0 Å². The smallest absolute Gasteiger partial charge is 0.337 e. The number of nitro benzene ring substituents is 1. The highest BCUT2D eigenvalue weighted by molar-refractivity contribution is 5.94. The molecule has 0 fully saturated rings. The van der Waals surface area contributed by atoms with E-state index in [9.17, 15) is 14.9 Å². The van der Waals surface area contributed by atoms with Crippen molar-refractivity contribution in [1.29, 1.82) is 0 Å². The Balaban J connectivity index is 3.09. The summed E-state index contributed by atoms with van der Waals surface area (Å²) in [5, 5.41) is 22.2. The lowest BCUT2D eigenvalue weighted by atomic mass is 10.1. The molecule has 0 bridgehead atoms. The van der Waals surface area contributed by atoms with Gasteiger partial charge in [0, 0.05) is 12.1 Å². The number of carboxylic acids is 1. The van der Waals surface area contributed by atoms with Crippen LogP contribution in [0.5, 0.6) is 0 Å². The van der Waals surface area contributed by atoms with Gasteiger partial charge in [0.1, 0.15) is 0 Å². The van der Waals surface area contributed by atoms with E-state index in [-0.39, 0.29) is 23.5 Å². The Labute approximate surface area is 97.4 Å². The van der Waals surface area contributed by atoms with Crippen LogP contribution in [0.1, 0.15) is 17.3 Å². The van der Waals surface area contributed by atoms with Crippen LogP contribution < -0.4 is 5.32 Å². The second-order valence-electron chi connectivity index (χ2n) is 3.07. The van der Waals surface area contributed by atoms with Gasteiger partial charge in [0.25, 0.3) is 5.69 Å². The molecule has 0 amide bonds. The highest BCUT2D eigenvalue weighted by atomic mass is 16.6. The van der Waals surface area contributed by atoms with Gasteiger partial charge in [-0.1, -0.05) is 5.92 Å². The van der Waals surface area contributed by atoms with Crippen LogP contribution in [-0.4, -0.2) is 22.5 Å². The van der Waals surface area contributed by atoms with Gasteiger partial charge in [0.15, 0.2) is 0 Å². The first kappa shape index (κ1) is 12.5. The van der Waals surface area contributed by atoms with Crippen LogP contribution in [0, 0.1) is 22.0 Å². The fraction of sp³-hybridized carbons (Fsp3) is 0.182. The molecular weight excluding hydrogens is 224 g/mol. The normalized spacial score (nSPS) is 9.00. The summed E-state index contributed by atoms with van der Waals surface area (Å²) in [6, 6.07) is 3.53. The minimum atomic E-state index is -1.15. The van der Waals surface area contributed by atoms with Gasteiger partial charge in [-0.3, -0.25) is 10.1 Å². The summed E-state index contributed by atoms with van der Waals surface area (Å²) >= 11 is 0. The van der Waals surface area contributed by atoms with E-state index in [2.05, 4.69) is 17.2 Å². The largest absolute Gasteiger partial charge is 0.478 e. The molecular formula is C11H10N2O4. The number of hydrogen-bond acceptors (Lipinski definition) is 4. The third-order valence-corrected chi connectivity index (χ3v) is 1.99. The number of hydrogen-bond donors (Lipinski definition) is 2. The third kappa shape index (κ3) is 3.21. The van der Waals surface area contributed by atoms with Crippen LogP contribution in [0.2, 0.25) is 0 Å². The van der Waals surface area contributed by atoms with Crippen molar-refractivity contribution in [2.75, 3.05) is 11.9 Å². The van der Waals surface area contributed by atoms with Gasteiger partial charge >= 0.3 is 5.97 Å². The maximum Gasteiger partial charge on any atom is 0.337 e. The average Bonchev–Trinajstić information content (AvgIpc) is 2.28. The summed E-state index contributed by atoms with van der Waals surface area (Å²) in [7, 11) is 0. The van der Waals surface area contributed by atoms with Crippen molar-refractivity contribution in [2.24, 2.45) is 0 Å². The van der Waals surface area contributed by atoms with Crippen molar-refractivity contribution in [3.63, 3.8) is 0 Å². The van der Waals surface area contributed by atoms with Crippen LogP contribution >= 0.6 is 0 Å². The van der Waals surface area contributed by atoms with E-state index in [1.54, 1.807) is 6.92 Å². The minimum Gasteiger partial charge on any atom is -0.478 e. The molecule has 0 aromatic heterocycles. The van der Waals surface area contributed by atoms with Crippen LogP contribution in [0.25, 0.3) is 0 Å². The number of non-ortho nitro benzene ring substituents is 1. The molecule has 0 saturated heterocycles. The molecule has 0 heterocycles. The van der Waals surface area contributed by atoms with E-state index in [1.807, 2.05) is 0 Å². The Kier molecular flexibility index (Phi) is 4.06. The Bertz CT molecular complexity index is 514. The molecule has 0 aliphatic heterocycles. The van der Waals surface area contributed by atoms with Crippen molar-refractivity contribution in [3.05, 3.63) is 33.9 Å². The van der Waals surface area contributed by atoms with Crippen LogP contribution in [0.15, 0.2) is 18.2 Å². The molecule has 0 aliphatic carbocycles. The van der Waals surface area contributed by atoms with Crippen LogP contribution in [0.3, 0.4) is 0 Å². The number of nitrogens with zero attached hydrogens (tertiary/aromatic N) is 1. The van der Waals surface area contributed by atoms with Gasteiger partial charge in [-0.15, -0.1) is 5.92 Å². The third-order valence-electron chi connectivity index (χ3n) is 1.99. The van der Waals surface area contributed by atoms with Gasteiger partial charge in [-0.25, -0.2) is 4.79 Å². The van der Waals surface area contributed by atoms with Crippen molar-refractivity contribution in [3.8, 4) is 11.8 Å². The average molecular weight is 234 g/mol. The monoisotopic (exact) mass is 234 g/mol. The summed E-state index contributed by atoms with van der Waals surface area (Å²) in [6.07, 6.45) is 0. The van der Waals surface area contributed by atoms with Crippen molar-refractivity contribution >= 4 is 17.3 Å². The molecule has 17 heavy (non-hydrogen) atoms. The Morgan fingerprint density at radius 2 is 2.29 bits per heavy atom. The Morgan fingerprint density at radius 1 is 1.59 bits per heavy atom. The Hall–Kier alpha value is -2.55. The molecule has 0 spiro atoms. The first-order valence-corrected chi connectivity index (χ1v) is 4.71. The van der Waals surface area contributed by atoms with Crippen molar-refractivity contribution in [1.82, 2.24) is 0 Å². The van der Waals surface area contributed by atoms with Crippen molar-refractivity contribution in [2.45, 2.75) is 6.92 Å². The van der Waals surface area contributed by atoms with E-state index >= 15 is 0 Å². The van der Waals surface area contributed by atoms with E-state index < -0.39 is 10.9 Å². The fourth-order valence-corrected chi connectivity index (χ4v) is 1.21. The zero-order valence-corrected chi connectivity index (χ0v) is 9.06.